The summed E-state index contributed by atoms with van der Waals surface area (Å²) in [5.41, 5.74) is 5.65. The normalized spacial score (nSPS) is 17.7. The van der Waals surface area contributed by atoms with Crippen LogP contribution in [0.5, 0.6) is 0 Å². The van der Waals surface area contributed by atoms with Crippen molar-refractivity contribution in [3.05, 3.63) is 24.0 Å². The number of amides is 1. The number of nitrogens with zero attached hydrogens (tertiary/aromatic N) is 1. The van der Waals surface area contributed by atoms with Gasteiger partial charge in [-0.05, 0) is 18.9 Å². The number of carbonyl (C=O) groups excluding carboxylic acids is 1. The molecule has 1 aliphatic rings. The molecule has 1 saturated carbocycles. The van der Waals surface area contributed by atoms with Crippen LogP contribution in [0.25, 0.3) is 0 Å². The smallest absolute Gasteiger partial charge is 0.337 e. The zero-order valence-electron chi connectivity index (χ0n) is 10.6. The third-order valence-corrected chi connectivity index (χ3v) is 3.44. The molecule has 1 aliphatic carbocycles. The van der Waals surface area contributed by atoms with E-state index in [-0.39, 0.29) is 11.5 Å². The highest BCUT2D eigenvalue weighted by Gasteiger charge is 2.35. The largest absolute Gasteiger partial charge is 0.478 e. The molecule has 1 heterocycles. The maximum absolute atomic E-state index is 12.2. The average molecular weight is 263 g/mol. The molecule has 0 bridgehead atoms. The van der Waals surface area contributed by atoms with E-state index in [1.807, 2.05) is 0 Å². The van der Waals surface area contributed by atoms with Crippen molar-refractivity contribution in [3.8, 4) is 0 Å². The van der Waals surface area contributed by atoms with Crippen molar-refractivity contribution in [2.45, 2.75) is 37.6 Å². The van der Waals surface area contributed by atoms with Crippen molar-refractivity contribution in [3.63, 3.8) is 0 Å². The summed E-state index contributed by atoms with van der Waals surface area (Å²) in [6, 6.07) is 1.37. The summed E-state index contributed by atoms with van der Waals surface area (Å²) in [7, 11) is 0. The maximum Gasteiger partial charge on any atom is 0.337 e. The van der Waals surface area contributed by atoms with Crippen molar-refractivity contribution in [2.24, 2.45) is 5.73 Å². The number of carbonyl (C=O) groups is 2. The number of anilines is 1. The van der Waals surface area contributed by atoms with Gasteiger partial charge in [0.25, 0.3) is 0 Å². The van der Waals surface area contributed by atoms with Crippen LogP contribution in [0.4, 0.5) is 5.69 Å². The van der Waals surface area contributed by atoms with E-state index in [0.717, 1.165) is 19.3 Å². The molecule has 1 amide bonds. The summed E-state index contributed by atoms with van der Waals surface area (Å²) < 4.78 is 0. The first-order chi connectivity index (χ1) is 9.01. The van der Waals surface area contributed by atoms with Crippen LogP contribution in [0.1, 0.15) is 42.5 Å². The van der Waals surface area contributed by atoms with E-state index in [2.05, 4.69) is 10.3 Å². The Morgan fingerprint density at radius 2 is 1.95 bits per heavy atom. The molecule has 1 aromatic heterocycles. The summed E-state index contributed by atoms with van der Waals surface area (Å²) in [6.45, 7) is 0. The van der Waals surface area contributed by atoms with Gasteiger partial charge in [0.05, 0.1) is 23.0 Å². The Kier molecular flexibility index (Phi) is 3.80. The van der Waals surface area contributed by atoms with Crippen LogP contribution in [0.3, 0.4) is 0 Å². The lowest BCUT2D eigenvalue weighted by Crippen LogP contribution is -2.52. The van der Waals surface area contributed by atoms with E-state index >= 15 is 0 Å². The van der Waals surface area contributed by atoms with Gasteiger partial charge < -0.3 is 16.2 Å². The maximum atomic E-state index is 12.2. The van der Waals surface area contributed by atoms with Crippen LogP contribution in [0, 0.1) is 0 Å². The predicted molar refractivity (Wildman–Crippen MR) is 69.8 cm³/mol. The topological polar surface area (TPSA) is 105 Å². The lowest BCUT2D eigenvalue weighted by atomic mass is 9.82. The van der Waals surface area contributed by atoms with Crippen molar-refractivity contribution in [1.29, 1.82) is 0 Å². The number of pyridine rings is 1. The van der Waals surface area contributed by atoms with Crippen molar-refractivity contribution >= 4 is 17.6 Å². The zero-order chi connectivity index (χ0) is 13.9. The Labute approximate surface area is 111 Å². The van der Waals surface area contributed by atoms with Gasteiger partial charge in [-0.1, -0.05) is 19.3 Å². The number of nitrogens with one attached hydrogen (secondary N) is 1. The van der Waals surface area contributed by atoms with E-state index < -0.39 is 11.5 Å². The van der Waals surface area contributed by atoms with Crippen LogP contribution in [0.2, 0.25) is 0 Å². The third-order valence-electron chi connectivity index (χ3n) is 3.44. The van der Waals surface area contributed by atoms with Crippen LogP contribution in [-0.2, 0) is 4.79 Å². The number of aromatic nitrogens is 1. The number of carboxylic acids is 1. The number of hydrogen-bond acceptors (Lipinski definition) is 4. The quantitative estimate of drug-likeness (QED) is 0.764. The van der Waals surface area contributed by atoms with Crippen LogP contribution >= 0.6 is 0 Å². The first-order valence-electron chi connectivity index (χ1n) is 6.30. The highest BCUT2D eigenvalue weighted by atomic mass is 16.4. The van der Waals surface area contributed by atoms with E-state index in [1.165, 1.54) is 18.5 Å². The molecule has 1 fully saturated rings. The molecule has 19 heavy (non-hydrogen) atoms. The Morgan fingerprint density at radius 3 is 2.58 bits per heavy atom. The van der Waals surface area contributed by atoms with E-state index in [4.69, 9.17) is 10.8 Å². The van der Waals surface area contributed by atoms with E-state index in [0.29, 0.717) is 18.5 Å². The number of rotatable bonds is 3. The molecule has 1 aromatic rings. The number of hydrogen-bond donors (Lipinski definition) is 3. The van der Waals surface area contributed by atoms with Crippen molar-refractivity contribution in [2.75, 3.05) is 5.32 Å². The summed E-state index contributed by atoms with van der Waals surface area (Å²) in [5, 5.41) is 11.5. The van der Waals surface area contributed by atoms with Crippen molar-refractivity contribution < 1.29 is 14.7 Å². The van der Waals surface area contributed by atoms with Crippen LogP contribution in [0.15, 0.2) is 18.5 Å². The number of nitrogens with two attached hydrogens (primary N) is 1. The lowest BCUT2D eigenvalue weighted by Gasteiger charge is -2.31. The minimum absolute atomic E-state index is 0.0347. The molecule has 0 radical (unpaired) electrons. The molecule has 0 unspecified atom stereocenters. The molecule has 0 saturated heterocycles. The van der Waals surface area contributed by atoms with Gasteiger partial charge in [0, 0.05) is 6.20 Å². The van der Waals surface area contributed by atoms with Gasteiger partial charge in [0.15, 0.2) is 0 Å². The monoisotopic (exact) mass is 263 g/mol. The van der Waals surface area contributed by atoms with Crippen LogP contribution in [-0.4, -0.2) is 27.5 Å². The fourth-order valence-electron chi connectivity index (χ4n) is 2.29. The second-order valence-corrected chi connectivity index (χ2v) is 4.94. The molecule has 0 atom stereocenters. The number of carboxylic acid groups (broad SMARTS) is 1. The fourth-order valence-corrected chi connectivity index (χ4v) is 2.29. The molecule has 0 aliphatic heterocycles. The van der Waals surface area contributed by atoms with Gasteiger partial charge in [-0.25, -0.2) is 4.79 Å². The Balaban J connectivity index is 2.10. The summed E-state index contributed by atoms with van der Waals surface area (Å²) in [4.78, 5) is 26.8. The van der Waals surface area contributed by atoms with Gasteiger partial charge in [0.1, 0.15) is 0 Å². The molecule has 2 rings (SSSR count). The van der Waals surface area contributed by atoms with Gasteiger partial charge in [-0.3, -0.25) is 9.78 Å². The highest BCUT2D eigenvalue weighted by Crippen LogP contribution is 2.27. The summed E-state index contributed by atoms with van der Waals surface area (Å²) in [5.74, 6) is -1.35. The fraction of sp³-hybridized carbons (Fsp3) is 0.462. The molecule has 6 nitrogen and oxygen atoms in total. The van der Waals surface area contributed by atoms with Gasteiger partial charge in [0.2, 0.25) is 5.91 Å². The molecular weight excluding hydrogens is 246 g/mol. The first kappa shape index (κ1) is 13.5. The Hall–Kier alpha value is -1.95. The van der Waals surface area contributed by atoms with E-state index in [1.54, 1.807) is 0 Å². The molecular formula is C13H17N3O3. The Morgan fingerprint density at radius 1 is 1.26 bits per heavy atom. The molecule has 0 spiro atoms. The minimum atomic E-state index is -1.08. The minimum Gasteiger partial charge on any atom is -0.478 e. The standard InChI is InChI=1S/C13H17N3O3/c14-13(4-2-1-3-5-13)12(19)16-10-6-9(11(17)18)7-15-8-10/h6-8H,1-5,14H2,(H,16,19)(H,17,18). The molecule has 4 N–H and O–H groups in total. The molecule has 6 heteroatoms. The van der Waals surface area contributed by atoms with Gasteiger partial charge in [-0.2, -0.15) is 0 Å². The number of aromatic carboxylic acids is 1. The Bertz CT molecular complexity index is 496. The first-order valence-corrected chi connectivity index (χ1v) is 6.30. The third kappa shape index (κ3) is 3.08. The SMILES string of the molecule is NC1(C(=O)Nc2cncc(C(=O)O)c2)CCCCC1. The zero-order valence-corrected chi connectivity index (χ0v) is 10.6. The second-order valence-electron chi connectivity index (χ2n) is 4.94. The second kappa shape index (κ2) is 5.36. The molecule has 0 aromatic carbocycles. The average Bonchev–Trinajstić information content (AvgIpc) is 2.40. The summed E-state index contributed by atoms with van der Waals surface area (Å²) >= 11 is 0. The predicted octanol–water partition coefficient (Wildman–Crippen LogP) is 1.38. The lowest BCUT2D eigenvalue weighted by molar-refractivity contribution is -0.122. The van der Waals surface area contributed by atoms with Crippen molar-refractivity contribution in [1.82, 2.24) is 4.98 Å². The highest BCUT2D eigenvalue weighted by molar-refractivity contribution is 5.98. The van der Waals surface area contributed by atoms with E-state index in [9.17, 15) is 9.59 Å². The van der Waals surface area contributed by atoms with Gasteiger partial charge in [-0.15, -0.1) is 0 Å². The van der Waals surface area contributed by atoms with Crippen LogP contribution < -0.4 is 11.1 Å². The van der Waals surface area contributed by atoms with Gasteiger partial charge >= 0.3 is 5.97 Å². The summed E-state index contributed by atoms with van der Waals surface area (Å²) in [6.07, 6.45) is 6.94. The molecule has 102 valence electrons.